The quantitative estimate of drug-likeness (QED) is 0.154. The number of hydrogen-bond donors (Lipinski definition) is 0. The third-order valence-corrected chi connectivity index (χ3v) is 13.6. The van der Waals surface area contributed by atoms with E-state index >= 15 is 0 Å². The highest BCUT2D eigenvalue weighted by Gasteiger charge is 2.53. The van der Waals surface area contributed by atoms with Gasteiger partial charge in [0.2, 0.25) is 0 Å². The molecule has 12 heteroatoms. The third kappa shape index (κ3) is 11.2. The predicted octanol–water partition coefficient (Wildman–Crippen LogP) is 6.46. The lowest BCUT2D eigenvalue weighted by Crippen LogP contribution is -2.64. The first-order chi connectivity index (χ1) is 23.7. The summed E-state index contributed by atoms with van der Waals surface area (Å²) in [6.07, 6.45) is -4.34. The van der Waals surface area contributed by atoms with E-state index in [4.69, 9.17) is 32.6 Å². The van der Waals surface area contributed by atoms with E-state index in [0.717, 1.165) is 16.7 Å². The minimum atomic E-state index is -2.34. The average molecular weight is 705 g/mol. The highest BCUT2D eigenvalue weighted by Crippen LogP contribution is 2.39. The van der Waals surface area contributed by atoms with E-state index in [2.05, 4.69) is 33.9 Å². The van der Waals surface area contributed by atoms with E-state index in [-0.39, 0.29) is 37.2 Å². The summed E-state index contributed by atoms with van der Waals surface area (Å²) >= 11 is 0. The van der Waals surface area contributed by atoms with Crippen molar-refractivity contribution in [3.63, 3.8) is 0 Å². The van der Waals surface area contributed by atoms with Gasteiger partial charge in [-0.3, -0.25) is 14.4 Å². The Balaban J connectivity index is 1.80. The lowest BCUT2D eigenvalue weighted by atomic mass is 9.79. The van der Waals surface area contributed by atoms with E-state index in [0.29, 0.717) is 0 Å². The molecule has 1 aliphatic rings. The molecule has 1 fully saturated rings. The highest BCUT2D eigenvalue weighted by molar-refractivity contribution is 6.74. The van der Waals surface area contributed by atoms with Crippen molar-refractivity contribution in [3.8, 4) is 0 Å². The summed E-state index contributed by atoms with van der Waals surface area (Å²) in [6.45, 7) is 13.4. The maximum atomic E-state index is 14.8. The van der Waals surface area contributed by atoms with Crippen LogP contribution in [0.5, 0.6) is 0 Å². The van der Waals surface area contributed by atoms with Crippen LogP contribution in [0, 0.1) is 5.92 Å². The molecule has 4 rings (SSSR count). The number of rotatable bonds is 16. The van der Waals surface area contributed by atoms with Gasteiger partial charge in [-0.15, -0.1) is 0 Å². The van der Waals surface area contributed by atoms with Crippen LogP contribution in [-0.2, 0) is 66.8 Å². The average Bonchev–Trinajstić information content (AvgIpc) is 3.06. The lowest BCUT2D eigenvalue weighted by molar-refractivity contribution is -0.212. The van der Waals surface area contributed by atoms with Crippen LogP contribution in [0.2, 0.25) is 18.1 Å². The van der Waals surface area contributed by atoms with Gasteiger partial charge in [0.05, 0.1) is 37.9 Å². The fraction of sp³-hybridized carbons (Fsp3) is 0.447. The minimum Gasteiger partial charge on any atom is -0.653 e. The molecule has 0 unspecified atom stereocenters. The molecule has 5 atom stereocenters. The predicted molar refractivity (Wildman–Crippen MR) is 191 cm³/mol. The van der Waals surface area contributed by atoms with Crippen LogP contribution in [-0.4, -0.2) is 64.4 Å². The van der Waals surface area contributed by atoms with Crippen molar-refractivity contribution < 1.29 is 47.0 Å². The Kier molecular flexibility index (Phi) is 14.1. The second kappa shape index (κ2) is 18.0. The maximum absolute atomic E-state index is 14.8. The number of Topliss-reactive ketones (excluding diaryl/α,β-unsaturated/α-hetero) is 1. The van der Waals surface area contributed by atoms with Gasteiger partial charge in [-0.2, -0.15) is 0 Å². The second-order valence-corrected chi connectivity index (χ2v) is 18.7. The minimum absolute atomic E-state index is 0.0647. The Bertz CT molecular complexity index is 1500. The first kappa shape index (κ1) is 39.1. The Hall–Kier alpha value is -3.65. The number of ketones is 1. The van der Waals surface area contributed by atoms with Gasteiger partial charge in [0.1, 0.15) is 12.2 Å². The number of hydrogen-bond acceptors (Lipinski definition) is 10. The van der Waals surface area contributed by atoms with Gasteiger partial charge in [-0.1, -0.05) is 112 Å². The van der Waals surface area contributed by atoms with Gasteiger partial charge in [0, 0.05) is 20.5 Å². The van der Waals surface area contributed by atoms with Gasteiger partial charge in [-0.05, 0) is 34.8 Å². The van der Waals surface area contributed by atoms with E-state index in [9.17, 15) is 14.4 Å². The SMILES string of the molecule is CC(=O)O[B-](OC(C)=O)O[C@H]1[C@@H](OCc2ccccc2)[C@H](OCc2ccccc2)[C@@H](CO[Si](C)(C)C(C)(C)C)C(=O)[C@H]1OCc1ccccc1. The molecule has 1 radical (unpaired) electrons. The number of carbonyl (C=O) groups is 3. The molecule has 3 aromatic carbocycles. The molecule has 0 bridgehead atoms. The second-order valence-electron chi connectivity index (χ2n) is 13.9. The highest BCUT2D eigenvalue weighted by atomic mass is 28.4. The molecule has 269 valence electrons. The molecule has 0 N–H and O–H groups in total. The number of benzene rings is 3. The number of ether oxygens (including phenoxy) is 3. The molecular weight excluding hydrogens is 655 g/mol. The molecule has 10 nitrogen and oxygen atoms in total. The van der Waals surface area contributed by atoms with Gasteiger partial charge in [-0.25, -0.2) is 0 Å². The zero-order chi connectivity index (χ0) is 36.3. The van der Waals surface area contributed by atoms with Crippen molar-refractivity contribution in [2.75, 3.05) is 6.61 Å². The smallest absolute Gasteiger partial charge is 0.451 e. The van der Waals surface area contributed by atoms with Crippen molar-refractivity contribution >= 4 is 33.4 Å². The van der Waals surface area contributed by atoms with Crippen molar-refractivity contribution in [3.05, 3.63) is 108 Å². The Morgan fingerprint density at radius 3 is 1.50 bits per heavy atom. The van der Waals surface area contributed by atoms with Gasteiger partial charge < -0.3 is 32.6 Å². The Morgan fingerprint density at radius 1 is 0.660 bits per heavy atom. The monoisotopic (exact) mass is 704 g/mol. The summed E-state index contributed by atoms with van der Waals surface area (Å²) in [7, 11) is -4.11. The molecule has 0 amide bonds. The summed E-state index contributed by atoms with van der Waals surface area (Å²) < 4.78 is 43.1. The zero-order valence-electron chi connectivity index (χ0n) is 30.0. The first-order valence-electron chi connectivity index (χ1n) is 16.9. The molecule has 3 aromatic rings. The van der Waals surface area contributed by atoms with E-state index in [1.807, 2.05) is 91.0 Å². The van der Waals surface area contributed by atoms with Crippen LogP contribution in [0.25, 0.3) is 0 Å². The zero-order valence-corrected chi connectivity index (χ0v) is 31.0. The van der Waals surface area contributed by atoms with E-state index in [1.54, 1.807) is 0 Å². The summed E-state index contributed by atoms with van der Waals surface area (Å²) in [5, 5.41) is -0.121. The molecule has 0 aliphatic heterocycles. The molecule has 0 saturated heterocycles. The van der Waals surface area contributed by atoms with Crippen molar-refractivity contribution in [2.45, 2.75) is 97.0 Å². The molecule has 0 spiro atoms. The molecule has 0 heterocycles. The fourth-order valence-electron chi connectivity index (χ4n) is 5.31. The van der Waals surface area contributed by atoms with Crippen LogP contribution >= 0.6 is 0 Å². The summed E-state index contributed by atoms with van der Waals surface area (Å²) in [4.78, 5) is 39.0. The Morgan fingerprint density at radius 2 is 1.08 bits per heavy atom. The topological polar surface area (TPSA) is 116 Å². The largest absolute Gasteiger partial charge is 0.653 e. The maximum Gasteiger partial charge on any atom is 0.451 e. The van der Waals surface area contributed by atoms with Crippen molar-refractivity contribution in [1.29, 1.82) is 0 Å². The van der Waals surface area contributed by atoms with Crippen LogP contribution in [0.3, 0.4) is 0 Å². The third-order valence-electron chi connectivity index (χ3n) is 9.05. The van der Waals surface area contributed by atoms with Crippen LogP contribution in [0.15, 0.2) is 91.0 Å². The van der Waals surface area contributed by atoms with Crippen LogP contribution < -0.4 is 0 Å². The normalized spacial score (nSPS) is 21.2. The summed E-state index contributed by atoms with van der Waals surface area (Å²) in [5.74, 6) is -2.65. The molecule has 1 aliphatic carbocycles. The van der Waals surface area contributed by atoms with Gasteiger partial charge in [0.15, 0.2) is 14.1 Å². The van der Waals surface area contributed by atoms with Crippen molar-refractivity contribution in [1.82, 2.24) is 0 Å². The van der Waals surface area contributed by atoms with Gasteiger partial charge in [0.25, 0.3) is 11.9 Å². The van der Waals surface area contributed by atoms with Crippen LogP contribution in [0.1, 0.15) is 51.3 Å². The molecule has 1 saturated carbocycles. The van der Waals surface area contributed by atoms with Crippen LogP contribution in [0.4, 0.5) is 0 Å². The summed E-state index contributed by atoms with van der Waals surface area (Å²) in [5.41, 5.74) is 2.59. The lowest BCUT2D eigenvalue weighted by Gasteiger charge is -2.49. The molecular formula is C38H49BO10Si-. The van der Waals surface area contributed by atoms with E-state index in [1.165, 1.54) is 13.8 Å². The molecule has 50 heavy (non-hydrogen) atoms. The molecule has 0 aromatic heterocycles. The number of carbonyl (C=O) groups excluding carboxylic acids is 3. The van der Waals surface area contributed by atoms with Crippen molar-refractivity contribution in [2.24, 2.45) is 5.92 Å². The Labute approximate surface area is 297 Å². The first-order valence-corrected chi connectivity index (χ1v) is 19.8. The van der Waals surface area contributed by atoms with Gasteiger partial charge >= 0.3 is 7.32 Å². The van der Waals surface area contributed by atoms with E-state index < -0.39 is 57.9 Å². The summed E-state index contributed by atoms with van der Waals surface area (Å²) in [6, 6.07) is 28.6. The standard InChI is InChI=1S/C38H49BO10Si/c1-27(40)47-39(48-28(2)41)49-37-35(44-24-30-19-13-9-14-20-30)33(42)32(26-46-50(6,7)38(3,4)5)34(43-23-29-17-11-8-12-18-29)36(37)45-25-31-21-15-10-16-22-31/h8-22,32,34-37H,23-26H2,1-7H3/q-1/t32-,34+,35+,36-,37+/m0/s1. The fourth-order valence-corrected chi connectivity index (χ4v) is 6.34.